The lowest BCUT2D eigenvalue weighted by atomic mass is 10.3. The third kappa shape index (κ3) is 1.70. The molecule has 0 radical (unpaired) electrons. The van der Waals surface area contributed by atoms with E-state index in [1.807, 2.05) is 24.3 Å². The molecule has 2 rings (SSSR count). The van der Waals surface area contributed by atoms with Gasteiger partial charge in [-0.1, -0.05) is 12.1 Å². The zero-order chi connectivity index (χ0) is 8.39. The first-order valence-corrected chi connectivity index (χ1v) is 4.33. The SMILES string of the molecule is Nc1ccccc1OCC1CC1. The number of benzene rings is 1. The van der Waals surface area contributed by atoms with Crippen molar-refractivity contribution in [2.24, 2.45) is 5.92 Å². The minimum absolute atomic E-state index is 0.734. The van der Waals surface area contributed by atoms with Gasteiger partial charge < -0.3 is 10.5 Å². The van der Waals surface area contributed by atoms with Crippen LogP contribution in [-0.2, 0) is 0 Å². The van der Waals surface area contributed by atoms with Crippen LogP contribution >= 0.6 is 0 Å². The zero-order valence-electron chi connectivity index (χ0n) is 6.99. The topological polar surface area (TPSA) is 35.2 Å². The normalized spacial score (nSPS) is 16.0. The van der Waals surface area contributed by atoms with E-state index in [0.717, 1.165) is 24.0 Å². The average molecular weight is 163 g/mol. The molecule has 1 fully saturated rings. The van der Waals surface area contributed by atoms with Gasteiger partial charge in [0.05, 0.1) is 12.3 Å². The highest BCUT2D eigenvalue weighted by atomic mass is 16.5. The molecule has 1 saturated carbocycles. The summed E-state index contributed by atoms with van der Waals surface area (Å²) in [4.78, 5) is 0. The van der Waals surface area contributed by atoms with Crippen molar-refractivity contribution in [1.29, 1.82) is 0 Å². The Morgan fingerprint density at radius 2 is 2.08 bits per heavy atom. The lowest BCUT2D eigenvalue weighted by molar-refractivity contribution is 0.301. The minimum atomic E-state index is 0.734. The van der Waals surface area contributed by atoms with Crippen LogP contribution in [0.2, 0.25) is 0 Å². The van der Waals surface area contributed by atoms with Crippen molar-refractivity contribution >= 4 is 5.69 Å². The Morgan fingerprint density at radius 1 is 1.33 bits per heavy atom. The summed E-state index contributed by atoms with van der Waals surface area (Å²) in [7, 11) is 0. The average Bonchev–Trinajstić information content (AvgIpc) is 2.86. The third-order valence-corrected chi connectivity index (χ3v) is 2.09. The molecule has 0 saturated heterocycles. The highest BCUT2D eigenvalue weighted by molar-refractivity contribution is 5.51. The van der Waals surface area contributed by atoms with E-state index in [0.29, 0.717) is 0 Å². The van der Waals surface area contributed by atoms with Crippen LogP contribution in [0.5, 0.6) is 5.75 Å². The van der Waals surface area contributed by atoms with Crippen LogP contribution in [0.1, 0.15) is 12.8 Å². The van der Waals surface area contributed by atoms with Crippen LogP contribution in [-0.4, -0.2) is 6.61 Å². The fraction of sp³-hybridized carbons (Fsp3) is 0.400. The molecular formula is C10H13NO. The summed E-state index contributed by atoms with van der Waals surface area (Å²) in [5.74, 6) is 1.61. The first kappa shape index (κ1) is 7.47. The van der Waals surface area contributed by atoms with E-state index in [-0.39, 0.29) is 0 Å². The van der Waals surface area contributed by atoms with Crippen LogP contribution in [0.15, 0.2) is 24.3 Å². The van der Waals surface area contributed by atoms with E-state index in [1.54, 1.807) is 0 Å². The van der Waals surface area contributed by atoms with Gasteiger partial charge in [0.15, 0.2) is 0 Å². The number of rotatable bonds is 3. The standard InChI is InChI=1S/C10H13NO/c11-9-3-1-2-4-10(9)12-7-8-5-6-8/h1-4,8H,5-7,11H2. The molecule has 0 heterocycles. The molecule has 64 valence electrons. The highest BCUT2D eigenvalue weighted by Crippen LogP contribution is 2.30. The van der Waals surface area contributed by atoms with Crippen LogP contribution in [0, 0.1) is 5.92 Å². The van der Waals surface area contributed by atoms with Crippen LogP contribution in [0.25, 0.3) is 0 Å². The molecule has 1 aromatic rings. The van der Waals surface area contributed by atoms with Crippen LogP contribution in [0.3, 0.4) is 0 Å². The van der Waals surface area contributed by atoms with Gasteiger partial charge in [-0.05, 0) is 30.9 Å². The Kier molecular flexibility index (Phi) is 1.90. The number of nitrogens with two attached hydrogens (primary N) is 1. The first-order valence-electron chi connectivity index (χ1n) is 4.33. The van der Waals surface area contributed by atoms with E-state index in [2.05, 4.69) is 0 Å². The molecule has 0 aromatic heterocycles. The Hall–Kier alpha value is -1.18. The van der Waals surface area contributed by atoms with E-state index in [4.69, 9.17) is 10.5 Å². The largest absolute Gasteiger partial charge is 0.491 e. The van der Waals surface area contributed by atoms with Crippen molar-refractivity contribution in [2.45, 2.75) is 12.8 Å². The van der Waals surface area contributed by atoms with E-state index in [1.165, 1.54) is 12.8 Å². The molecule has 12 heavy (non-hydrogen) atoms. The molecule has 1 aliphatic carbocycles. The van der Waals surface area contributed by atoms with Crippen molar-refractivity contribution in [3.63, 3.8) is 0 Å². The molecular weight excluding hydrogens is 150 g/mol. The fourth-order valence-corrected chi connectivity index (χ4v) is 1.10. The molecule has 0 amide bonds. The second kappa shape index (κ2) is 3.05. The first-order chi connectivity index (χ1) is 5.86. The maximum atomic E-state index is 5.70. The quantitative estimate of drug-likeness (QED) is 0.692. The molecule has 1 aromatic carbocycles. The van der Waals surface area contributed by atoms with Gasteiger partial charge in [-0.3, -0.25) is 0 Å². The lowest BCUT2D eigenvalue weighted by Crippen LogP contribution is -2.01. The second-order valence-electron chi connectivity index (χ2n) is 3.29. The number of anilines is 1. The molecule has 2 heteroatoms. The zero-order valence-corrected chi connectivity index (χ0v) is 6.99. The van der Waals surface area contributed by atoms with Crippen molar-refractivity contribution in [1.82, 2.24) is 0 Å². The Bertz CT molecular complexity index is 268. The number of para-hydroxylation sites is 2. The van der Waals surface area contributed by atoms with Gasteiger partial charge in [-0.15, -0.1) is 0 Å². The molecule has 0 unspecified atom stereocenters. The molecule has 0 spiro atoms. The van der Waals surface area contributed by atoms with Crippen LogP contribution in [0.4, 0.5) is 5.69 Å². The predicted molar refractivity (Wildman–Crippen MR) is 49.1 cm³/mol. The van der Waals surface area contributed by atoms with E-state index >= 15 is 0 Å². The molecule has 0 atom stereocenters. The smallest absolute Gasteiger partial charge is 0.142 e. The van der Waals surface area contributed by atoms with Gasteiger partial charge in [0.1, 0.15) is 5.75 Å². The summed E-state index contributed by atoms with van der Waals surface area (Å²) < 4.78 is 5.54. The second-order valence-corrected chi connectivity index (χ2v) is 3.29. The summed E-state index contributed by atoms with van der Waals surface area (Å²) >= 11 is 0. The van der Waals surface area contributed by atoms with Crippen LogP contribution < -0.4 is 10.5 Å². The van der Waals surface area contributed by atoms with Gasteiger partial charge >= 0.3 is 0 Å². The summed E-state index contributed by atoms with van der Waals surface area (Å²) in [6, 6.07) is 7.64. The molecule has 0 bridgehead atoms. The number of nitrogen functional groups attached to an aromatic ring is 1. The van der Waals surface area contributed by atoms with E-state index < -0.39 is 0 Å². The minimum Gasteiger partial charge on any atom is -0.491 e. The highest BCUT2D eigenvalue weighted by Gasteiger charge is 2.22. The predicted octanol–water partition coefficient (Wildman–Crippen LogP) is 2.06. The van der Waals surface area contributed by atoms with Gasteiger partial charge in [0.25, 0.3) is 0 Å². The Balaban J connectivity index is 1.96. The fourth-order valence-electron chi connectivity index (χ4n) is 1.10. The summed E-state index contributed by atoms with van der Waals surface area (Å²) in [6.45, 7) is 0.828. The van der Waals surface area contributed by atoms with Gasteiger partial charge in [-0.2, -0.15) is 0 Å². The van der Waals surface area contributed by atoms with Crippen molar-refractivity contribution in [3.8, 4) is 5.75 Å². The maximum Gasteiger partial charge on any atom is 0.142 e. The summed E-state index contributed by atoms with van der Waals surface area (Å²) in [5.41, 5.74) is 6.44. The molecule has 1 aliphatic rings. The lowest BCUT2D eigenvalue weighted by Gasteiger charge is -2.06. The van der Waals surface area contributed by atoms with E-state index in [9.17, 15) is 0 Å². The molecule has 2 nitrogen and oxygen atoms in total. The monoisotopic (exact) mass is 163 g/mol. The van der Waals surface area contributed by atoms with Gasteiger partial charge in [0, 0.05) is 0 Å². The van der Waals surface area contributed by atoms with Crippen molar-refractivity contribution < 1.29 is 4.74 Å². The van der Waals surface area contributed by atoms with Crippen molar-refractivity contribution in [3.05, 3.63) is 24.3 Å². The van der Waals surface area contributed by atoms with Gasteiger partial charge in [0.2, 0.25) is 0 Å². The number of ether oxygens (including phenoxy) is 1. The molecule has 0 aliphatic heterocycles. The Labute approximate surface area is 72.3 Å². The maximum absolute atomic E-state index is 5.70. The summed E-state index contributed by atoms with van der Waals surface area (Å²) in [5, 5.41) is 0. The Morgan fingerprint density at radius 3 is 2.75 bits per heavy atom. The van der Waals surface area contributed by atoms with Gasteiger partial charge in [-0.25, -0.2) is 0 Å². The molecule has 2 N–H and O–H groups in total. The third-order valence-electron chi connectivity index (χ3n) is 2.09. The number of hydrogen-bond acceptors (Lipinski definition) is 2. The summed E-state index contributed by atoms with van der Waals surface area (Å²) in [6.07, 6.45) is 2.62. The number of hydrogen-bond donors (Lipinski definition) is 1. The van der Waals surface area contributed by atoms with Crippen molar-refractivity contribution in [2.75, 3.05) is 12.3 Å².